The van der Waals surface area contributed by atoms with Crippen molar-refractivity contribution in [3.8, 4) is 0 Å². The second-order valence-electron chi connectivity index (χ2n) is 4.70. The van der Waals surface area contributed by atoms with Crippen molar-refractivity contribution in [1.82, 2.24) is 0 Å². The number of halogens is 4. The molecular weight excluding hydrogens is 370 g/mol. The standard InChI is InChI=1S/C14H18BrCl3O/c1-3-10-5-11(4-2)7-12(6-10)13(19,9-15)8-14(16,17)18/h5-7,19H,3-4,8-9H2,1-2H3. The largest absolute Gasteiger partial charge is 0.384 e. The SMILES string of the molecule is CCc1cc(CC)cc(C(O)(CBr)CC(Cl)(Cl)Cl)c1. The first-order valence-electron chi connectivity index (χ1n) is 6.22. The van der Waals surface area contributed by atoms with Gasteiger partial charge in [-0.15, -0.1) is 0 Å². The summed E-state index contributed by atoms with van der Waals surface area (Å²) in [7, 11) is 0. The van der Waals surface area contributed by atoms with Gasteiger partial charge in [-0.1, -0.05) is 82.8 Å². The van der Waals surface area contributed by atoms with E-state index in [9.17, 15) is 5.11 Å². The lowest BCUT2D eigenvalue weighted by atomic mass is 9.89. The topological polar surface area (TPSA) is 20.2 Å². The molecule has 0 amide bonds. The lowest BCUT2D eigenvalue weighted by Gasteiger charge is -2.30. The van der Waals surface area contributed by atoms with Gasteiger partial charge in [0, 0.05) is 11.8 Å². The van der Waals surface area contributed by atoms with Gasteiger partial charge >= 0.3 is 0 Å². The summed E-state index contributed by atoms with van der Waals surface area (Å²) in [5.41, 5.74) is 1.98. The Morgan fingerprint density at radius 2 is 1.53 bits per heavy atom. The molecule has 0 saturated heterocycles. The van der Waals surface area contributed by atoms with Crippen LogP contribution in [0.4, 0.5) is 0 Å². The fraction of sp³-hybridized carbons (Fsp3) is 0.571. The molecule has 1 nitrogen and oxygen atoms in total. The minimum atomic E-state index is -1.49. The maximum absolute atomic E-state index is 10.8. The van der Waals surface area contributed by atoms with Crippen molar-refractivity contribution in [3.63, 3.8) is 0 Å². The van der Waals surface area contributed by atoms with E-state index in [1.807, 2.05) is 12.1 Å². The van der Waals surface area contributed by atoms with Crippen LogP contribution in [-0.4, -0.2) is 14.2 Å². The average Bonchev–Trinajstić information content (AvgIpc) is 2.35. The van der Waals surface area contributed by atoms with Crippen LogP contribution in [0.3, 0.4) is 0 Å². The Kier molecular flexibility index (Phi) is 6.47. The van der Waals surface area contributed by atoms with E-state index < -0.39 is 9.39 Å². The summed E-state index contributed by atoms with van der Waals surface area (Å²) < 4.78 is -1.49. The molecule has 0 fully saturated rings. The number of hydrogen-bond acceptors (Lipinski definition) is 1. The minimum Gasteiger partial charge on any atom is -0.384 e. The van der Waals surface area contributed by atoms with Crippen molar-refractivity contribution in [1.29, 1.82) is 0 Å². The van der Waals surface area contributed by atoms with E-state index >= 15 is 0 Å². The number of hydrogen-bond donors (Lipinski definition) is 1. The van der Waals surface area contributed by atoms with E-state index in [2.05, 4.69) is 35.8 Å². The van der Waals surface area contributed by atoms with Crippen molar-refractivity contribution in [3.05, 3.63) is 34.9 Å². The van der Waals surface area contributed by atoms with Gasteiger partial charge in [-0.2, -0.15) is 0 Å². The van der Waals surface area contributed by atoms with Crippen molar-refractivity contribution in [2.75, 3.05) is 5.33 Å². The van der Waals surface area contributed by atoms with E-state index in [-0.39, 0.29) is 6.42 Å². The summed E-state index contributed by atoms with van der Waals surface area (Å²) in [6.45, 7) is 4.17. The van der Waals surface area contributed by atoms with Crippen LogP contribution < -0.4 is 0 Å². The zero-order valence-corrected chi connectivity index (χ0v) is 14.9. The Bertz CT molecular complexity index is 409. The Hall–Kier alpha value is 0.530. The summed E-state index contributed by atoms with van der Waals surface area (Å²) in [4.78, 5) is 0. The molecule has 0 heterocycles. The van der Waals surface area contributed by atoms with Gasteiger partial charge in [0.05, 0.1) is 0 Å². The van der Waals surface area contributed by atoms with Gasteiger partial charge in [0.1, 0.15) is 5.60 Å². The van der Waals surface area contributed by atoms with Crippen LogP contribution in [0, 0.1) is 0 Å². The zero-order valence-electron chi connectivity index (χ0n) is 11.0. The van der Waals surface area contributed by atoms with Gasteiger partial charge in [0.2, 0.25) is 0 Å². The lowest BCUT2D eigenvalue weighted by molar-refractivity contribution is 0.0555. The first-order chi connectivity index (χ1) is 8.74. The van der Waals surface area contributed by atoms with Gasteiger partial charge in [0.15, 0.2) is 3.79 Å². The molecule has 0 bridgehead atoms. The molecule has 108 valence electrons. The third-order valence-corrected chi connectivity index (χ3v) is 4.45. The molecule has 0 spiro atoms. The molecule has 1 aromatic carbocycles. The molecule has 19 heavy (non-hydrogen) atoms. The number of aryl methyl sites for hydroxylation is 2. The van der Waals surface area contributed by atoms with E-state index in [1.54, 1.807) is 0 Å². The summed E-state index contributed by atoms with van der Waals surface area (Å²) in [6, 6.07) is 6.11. The molecular formula is C14H18BrCl3O. The van der Waals surface area contributed by atoms with Gasteiger partial charge < -0.3 is 5.11 Å². The highest BCUT2D eigenvalue weighted by Gasteiger charge is 2.37. The van der Waals surface area contributed by atoms with Crippen molar-refractivity contribution < 1.29 is 5.11 Å². The maximum Gasteiger partial charge on any atom is 0.193 e. The Balaban J connectivity index is 3.23. The Morgan fingerprint density at radius 3 is 1.84 bits per heavy atom. The highest BCUT2D eigenvalue weighted by Crippen LogP contribution is 2.41. The molecule has 0 radical (unpaired) electrons. The van der Waals surface area contributed by atoms with Gasteiger partial charge in [-0.05, 0) is 29.5 Å². The second kappa shape index (κ2) is 7.00. The van der Waals surface area contributed by atoms with Crippen LogP contribution in [0.2, 0.25) is 0 Å². The number of alkyl halides is 4. The molecule has 0 aliphatic rings. The second-order valence-corrected chi connectivity index (χ2v) is 7.78. The molecule has 0 aliphatic heterocycles. The average molecular weight is 389 g/mol. The van der Waals surface area contributed by atoms with E-state index in [0.29, 0.717) is 5.33 Å². The molecule has 0 saturated carbocycles. The van der Waals surface area contributed by atoms with Gasteiger partial charge in [0.25, 0.3) is 0 Å². The highest BCUT2D eigenvalue weighted by molar-refractivity contribution is 9.09. The number of rotatable bonds is 5. The maximum atomic E-state index is 10.8. The summed E-state index contributed by atoms with van der Waals surface area (Å²) in [5, 5.41) is 11.1. The molecule has 1 unspecified atom stereocenters. The van der Waals surface area contributed by atoms with Crippen LogP contribution in [0.15, 0.2) is 18.2 Å². The Labute approximate surface area is 138 Å². The lowest BCUT2D eigenvalue weighted by Crippen LogP contribution is -2.33. The molecule has 0 aliphatic carbocycles. The zero-order chi connectivity index (χ0) is 14.7. The van der Waals surface area contributed by atoms with Crippen molar-refractivity contribution in [2.24, 2.45) is 0 Å². The van der Waals surface area contributed by atoms with E-state index in [0.717, 1.165) is 18.4 Å². The fourth-order valence-electron chi connectivity index (χ4n) is 2.00. The first kappa shape index (κ1) is 17.6. The third-order valence-electron chi connectivity index (χ3n) is 3.12. The molecule has 1 N–H and O–H groups in total. The molecule has 1 atom stereocenters. The van der Waals surface area contributed by atoms with Crippen LogP contribution in [0.1, 0.15) is 37.0 Å². The monoisotopic (exact) mass is 386 g/mol. The third kappa shape index (κ3) is 5.09. The molecule has 0 aromatic heterocycles. The molecule has 5 heteroatoms. The normalized spacial score (nSPS) is 15.3. The summed E-state index contributed by atoms with van der Waals surface area (Å²) in [5.74, 6) is 0. The van der Waals surface area contributed by atoms with Gasteiger partial charge in [-0.3, -0.25) is 0 Å². The van der Waals surface area contributed by atoms with E-state index in [1.165, 1.54) is 11.1 Å². The Morgan fingerprint density at radius 1 is 1.05 bits per heavy atom. The van der Waals surface area contributed by atoms with E-state index in [4.69, 9.17) is 34.8 Å². The highest BCUT2D eigenvalue weighted by atomic mass is 79.9. The van der Waals surface area contributed by atoms with Crippen molar-refractivity contribution >= 4 is 50.7 Å². The van der Waals surface area contributed by atoms with Crippen LogP contribution in [-0.2, 0) is 18.4 Å². The van der Waals surface area contributed by atoms with Crippen LogP contribution >= 0.6 is 50.7 Å². The van der Waals surface area contributed by atoms with Crippen LogP contribution in [0.25, 0.3) is 0 Å². The van der Waals surface area contributed by atoms with Gasteiger partial charge in [-0.25, -0.2) is 0 Å². The predicted molar refractivity (Wildman–Crippen MR) is 87.8 cm³/mol. The number of aliphatic hydroxyl groups is 1. The first-order valence-corrected chi connectivity index (χ1v) is 8.48. The quantitative estimate of drug-likeness (QED) is 0.691. The fourth-order valence-corrected chi connectivity index (χ4v) is 3.18. The van der Waals surface area contributed by atoms with Crippen molar-refractivity contribution in [2.45, 2.75) is 42.5 Å². The molecule has 1 rings (SSSR count). The summed E-state index contributed by atoms with van der Waals surface area (Å²) in [6.07, 6.45) is 1.87. The molecule has 1 aromatic rings. The van der Waals surface area contributed by atoms with Crippen LogP contribution in [0.5, 0.6) is 0 Å². The predicted octanol–water partition coefficient (Wildman–Crippen LogP) is 5.15. The smallest absolute Gasteiger partial charge is 0.193 e. The number of benzene rings is 1. The minimum absolute atomic E-state index is 0.0479. The summed E-state index contributed by atoms with van der Waals surface area (Å²) >= 11 is 20.9.